The highest BCUT2D eigenvalue weighted by molar-refractivity contribution is 6.19. The lowest BCUT2D eigenvalue weighted by atomic mass is 9.94. The van der Waals surface area contributed by atoms with Crippen LogP contribution in [0.5, 0.6) is 0 Å². The maximum absolute atomic E-state index is 13.3. The molecule has 1 aromatic heterocycles. The van der Waals surface area contributed by atoms with Crippen molar-refractivity contribution in [3.8, 4) is 0 Å². The van der Waals surface area contributed by atoms with Crippen molar-refractivity contribution in [2.24, 2.45) is 12.5 Å². The molecular formula is C23H32ClN3O2. The second-order valence-electron chi connectivity index (χ2n) is 8.09. The second kappa shape index (κ2) is 10.5. The molecule has 0 aliphatic carbocycles. The molecule has 0 aliphatic rings. The summed E-state index contributed by atoms with van der Waals surface area (Å²) in [6.07, 6.45) is 2.75. The Labute approximate surface area is 179 Å². The molecular weight excluding hydrogens is 386 g/mol. The van der Waals surface area contributed by atoms with Crippen LogP contribution in [0.1, 0.15) is 38.4 Å². The summed E-state index contributed by atoms with van der Waals surface area (Å²) in [5, 5.41) is 0. The molecule has 0 saturated heterocycles. The molecule has 2 amide bonds. The summed E-state index contributed by atoms with van der Waals surface area (Å²) < 4.78 is 2.01. The Kier molecular flexibility index (Phi) is 8.32. The topological polar surface area (TPSA) is 45.6 Å². The fourth-order valence-electron chi connectivity index (χ4n) is 3.16. The lowest BCUT2D eigenvalue weighted by Gasteiger charge is -2.32. The zero-order chi connectivity index (χ0) is 21.4. The van der Waals surface area contributed by atoms with Gasteiger partial charge in [-0.05, 0) is 38.0 Å². The number of hydrogen-bond donors (Lipinski definition) is 0. The fraction of sp³-hybridized carbons (Fsp3) is 0.478. The summed E-state index contributed by atoms with van der Waals surface area (Å²) in [6, 6.07) is 13.9. The first-order chi connectivity index (χ1) is 13.8. The number of carbonyl (C=O) groups excluding carboxylic acids is 2. The SMILES string of the molecule is CCCN(CC(=O)N(Cc1ccccc1)Cc1cccn1C)C(=O)C(C)(C)CCl. The Morgan fingerprint density at radius 2 is 1.72 bits per heavy atom. The van der Waals surface area contributed by atoms with Crippen LogP contribution in [0.15, 0.2) is 48.7 Å². The molecule has 0 atom stereocenters. The van der Waals surface area contributed by atoms with Crippen LogP contribution in [0.4, 0.5) is 0 Å². The highest BCUT2D eigenvalue weighted by Crippen LogP contribution is 2.21. The lowest BCUT2D eigenvalue weighted by molar-refractivity contribution is -0.146. The third-order valence-corrected chi connectivity index (χ3v) is 5.66. The Morgan fingerprint density at radius 1 is 1.03 bits per heavy atom. The summed E-state index contributed by atoms with van der Waals surface area (Å²) >= 11 is 6.01. The third kappa shape index (κ3) is 6.36. The van der Waals surface area contributed by atoms with Crippen molar-refractivity contribution < 1.29 is 9.59 Å². The summed E-state index contributed by atoms with van der Waals surface area (Å²) in [4.78, 5) is 29.7. The van der Waals surface area contributed by atoms with Gasteiger partial charge >= 0.3 is 0 Å². The Balaban J connectivity index is 2.22. The molecule has 158 valence electrons. The molecule has 2 aromatic rings. The van der Waals surface area contributed by atoms with Gasteiger partial charge in [-0.2, -0.15) is 0 Å². The van der Waals surface area contributed by atoms with E-state index < -0.39 is 5.41 Å². The number of amides is 2. The number of halogens is 1. The highest BCUT2D eigenvalue weighted by atomic mass is 35.5. The highest BCUT2D eigenvalue weighted by Gasteiger charge is 2.32. The smallest absolute Gasteiger partial charge is 0.242 e. The van der Waals surface area contributed by atoms with Crippen molar-refractivity contribution in [2.45, 2.75) is 40.3 Å². The van der Waals surface area contributed by atoms with Gasteiger partial charge in [0.25, 0.3) is 0 Å². The predicted molar refractivity (Wildman–Crippen MR) is 117 cm³/mol. The average molecular weight is 418 g/mol. The lowest BCUT2D eigenvalue weighted by Crippen LogP contribution is -2.47. The molecule has 0 N–H and O–H groups in total. The Hall–Kier alpha value is -2.27. The van der Waals surface area contributed by atoms with E-state index in [1.165, 1.54) is 0 Å². The number of alkyl halides is 1. The quantitative estimate of drug-likeness (QED) is 0.547. The fourth-order valence-corrected chi connectivity index (χ4v) is 3.28. The van der Waals surface area contributed by atoms with Crippen molar-refractivity contribution in [1.82, 2.24) is 14.4 Å². The van der Waals surface area contributed by atoms with Gasteiger partial charge in [-0.25, -0.2) is 0 Å². The molecule has 0 radical (unpaired) electrons. The largest absolute Gasteiger partial charge is 0.353 e. The van der Waals surface area contributed by atoms with Crippen molar-refractivity contribution >= 4 is 23.4 Å². The summed E-state index contributed by atoms with van der Waals surface area (Å²) in [5.41, 5.74) is 1.41. The molecule has 6 heteroatoms. The average Bonchev–Trinajstić information content (AvgIpc) is 3.11. The van der Waals surface area contributed by atoms with E-state index in [1.54, 1.807) is 4.90 Å². The van der Waals surface area contributed by atoms with Crippen LogP contribution in [-0.4, -0.2) is 45.2 Å². The molecule has 1 heterocycles. The van der Waals surface area contributed by atoms with Crippen molar-refractivity contribution in [3.05, 3.63) is 59.9 Å². The number of hydrogen-bond acceptors (Lipinski definition) is 2. The zero-order valence-corrected chi connectivity index (χ0v) is 18.7. The van der Waals surface area contributed by atoms with E-state index in [4.69, 9.17) is 11.6 Å². The molecule has 5 nitrogen and oxygen atoms in total. The molecule has 0 spiro atoms. The molecule has 29 heavy (non-hydrogen) atoms. The van der Waals surface area contributed by atoms with E-state index in [1.807, 2.05) is 85.9 Å². The molecule has 0 bridgehead atoms. The number of aromatic nitrogens is 1. The van der Waals surface area contributed by atoms with Crippen molar-refractivity contribution in [3.63, 3.8) is 0 Å². The molecule has 0 unspecified atom stereocenters. The minimum absolute atomic E-state index is 0.0598. The number of aryl methyl sites for hydroxylation is 1. The molecule has 1 aromatic carbocycles. The first-order valence-corrected chi connectivity index (χ1v) is 10.6. The van der Waals surface area contributed by atoms with E-state index in [0.29, 0.717) is 19.6 Å². The Bertz CT molecular complexity index is 801. The third-order valence-electron chi connectivity index (χ3n) is 4.99. The summed E-state index contributed by atoms with van der Waals surface area (Å²) in [7, 11) is 1.97. The van der Waals surface area contributed by atoms with E-state index >= 15 is 0 Å². The molecule has 0 aliphatic heterocycles. The standard InChI is InChI=1S/C23H32ClN3O2/c1-5-13-26(22(29)23(2,3)18-24)17-21(28)27(15-19-10-7-6-8-11-19)16-20-12-9-14-25(20)4/h6-12,14H,5,13,15-18H2,1-4H3. The minimum atomic E-state index is -0.695. The Morgan fingerprint density at radius 3 is 2.28 bits per heavy atom. The van der Waals surface area contributed by atoms with E-state index in [2.05, 4.69) is 0 Å². The van der Waals surface area contributed by atoms with Crippen LogP contribution in [0, 0.1) is 5.41 Å². The van der Waals surface area contributed by atoms with Gasteiger partial charge in [0, 0.05) is 37.9 Å². The number of nitrogens with zero attached hydrogens (tertiary/aromatic N) is 3. The summed E-state index contributed by atoms with van der Waals surface area (Å²) in [6.45, 7) is 7.23. The molecule has 0 saturated carbocycles. The van der Waals surface area contributed by atoms with Gasteiger partial charge in [-0.3, -0.25) is 9.59 Å². The van der Waals surface area contributed by atoms with Crippen LogP contribution in [0.25, 0.3) is 0 Å². The maximum atomic E-state index is 13.3. The normalized spacial score (nSPS) is 11.3. The first kappa shape index (κ1) is 23.0. The van der Waals surface area contributed by atoms with Crippen molar-refractivity contribution in [2.75, 3.05) is 19.0 Å². The van der Waals surface area contributed by atoms with Crippen LogP contribution < -0.4 is 0 Å². The monoisotopic (exact) mass is 417 g/mol. The van der Waals surface area contributed by atoms with Gasteiger partial charge in [-0.15, -0.1) is 11.6 Å². The van der Waals surface area contributed by atoms with Gasteiger partial charge in [0.15, 0.2) is 0 Å². The van der Waals surface area contributed by atoms with Gasteiger partial charge in [-0.1, -0.05) is 37.3 Å². The minimum Gasteiger partial charge on any atom is -0.353 e. The van der Waals surface area contributed by atoms with Crippen LogP contribution >= 0.6 is 11.6 Å². The van der Waals surface area contributed by atoms with Gasteiger partial charge in [0.1, 0.15) is 0 Å². The maximum Gasteiger partial charge on any atom is 0.242 e. The van der Waals surface area contributed by atoms with Crippen molar-refractivity contribution in [1.29, 1.82) is 0 Å². The van der Waals surface area contributed by atoms with E-state index in [-0.39, 0.29) is 24.2 Å². The number of benzene rings is 1. The summed E-state index contributed by atoms with van der Waals surface area (Å²) in [5.74, 6) is 0.0700. The van der Waals surface area contributed by atoms with Crippen LogP contribution in [-0.2, 0) is 29.7 Å². The van der Waals surface area contributed by atoms with Gasteiger partial charge in [0.05, 0.1) is 18.5 Å². The molecule has 0 fully saturated rings. The predicted octanol–water partition coefficient (Wildman–Crippen LogP) is 4.06. The van der Waals surface area contributed by atoms with Crippen LogP contribution in [0.3, 0.4) is 0 Å². The van der Waals surface area contributed by atoms with Gasteiger partial charge < -0.3 is 14.4 Å². The number of rotatable bonds is 10. The van der Waals surface area contributed by atoms with E-state index in [0.717, 1.165) is 17.7 Å². The second-order valence-corrected chi connectivity index (χ2v) is 8.36. The zero-order valence-electron chi connectivity index (χ0n) is 17.9. The first-order valence-electron chi connectivity index (χ1n) is 10.1. The van der Waals surface area contributed by atoms with Crippen LogP contribution in [0.2, 0.25) is 0 Å². The molecule has 2 rings (SSSR count). The van der Waals surface area contributed by atoms with Gasteiger partial charge in [0.2, 0.25) is 11.8 Å². The number of carbonyl (C=O) groups is 2. The van der Waals surface area contributed by atoms with E-state index in [9.17, 15) is 9.59 Å².